The first kappa shape index (κ1) is 17.2. The van der Waals surface area contributed by atoms with E-state index in [4.69, 9.17) is 5.11 Å². The van der Waals surface area contributed by atoms with Crippen molar-refractivity contribution in [1.82, 2.24) is 14.6 Å². The number of rotatable bonds is 7. The van der Waals surface area contributed by atoms with Gasteiger partial charge >= 0.3 is 5.97 Å². The Morgan fingerprint density at radius 3 is 2.78 bits per heavy atom. The van der Waals surface area contributed by atoms with E-state index in [1.807, 2.05) is 42.6 Å². The molecule has 0 atom stereocenters. The highest BCUT2D eigenvalue weighted by Gasteiger charge is 2.11. The molecule has 27 heavy (non-hydrogen) atoms. The number of hydrogen-bond acceptors (Lipinski definition) is 5. The summed E-state index contributed by atoms with van der Waals surface area (Å²) in [6.45, 7) is 0.740. The Balaban J connectivity index is 1.57. The summed E-state index contributed by atoms with van der Waals surface area (Å²) in [6.07, 6.45) is 4.25. The number of aliphatic carboxylic acids is 1. The van der Waals surface area contributed by atoms with Crippen molar-refractivity contribution >= 4 is 28.8 Å². The smallest absolute Gasteiger partial charge is 0.303 e. The van der Waals surface area contributed by atoms with Gasteiger partial charge < -0.3 is 10.4 Å². The molecule has 0 radical (unpaired) electrons. The number of fused-ring (bicyclic) bond motifs is 1. The fourth-order valence-electron chi connectivity index (χ4n) is 2.92. The predicted molar refractivity (Wildman–Crippen MR) is 106 cm³/mol. The predicted octanol–water partition coefficient (Wildman–Crippen LogP) is 4.09. The SMILES string of the molecule is O=C(O)CCc1ccc(-c2cnn3c(NCc4cccs4)ccnc23)cc1. The third-order valence-electron chi connectivity index (χ3n) is 4.32. The number of carbonyl (C=O) groups is 1. The van der Waals surface area contributed by atoms with Crippen molar-refractivity contribution in [3.63, 3.8) is 0 Å². The van der Waals surface area contributed by atoms with Crippen LogP contribution in [0.15, 0.2) is 60.2 Å². The van der Waals surface area contributed by atoms with Crippen LogP contribution < -0.4 is 5.32 Å². The van der Waals surface area contributed by atoms with Crippen LogP contribution in [0.3, 0.4) is 0 Å². The highest BCUT2D eigenvalue weighted by Crippen LogP contribution is 2.25. The molecule has 4 aromatic rings. The van der Waals surface area contributed by atoms with Gasteiger partial charge in [-0.1, -0.05) is 30.3 Å². The first-order chi connectivity index (χ1) is 13.2. The molecule has 0 saturated heterocycles. The first-order valence-corrected chi connectivity index (χ1v) is 9.49. The van der Waals surface area contributed by atoms with E-state index in [2.05, 4.69) is 26.8 Å². The lowest BCUT2D eigenvalue weighted by Crippen LogP contribution is -2.04. The van der Waals surface area contributed by atoms with E-state index in [1.165, 1.54) is 4.88 Å². The van der Waals surface area contributed by atoms with Crippen LogP contribution in [-0.4, -0.2) is 25.7 Å². The van der Waals surface area contributed by atoms with Crippen LogP contribution in [0, 0.1) is 0 Å². The van der Waals surface area contributed by atoms with E-state index in [1.54, 1.807) is 22.0 Å². The molecule has 0 aliphatic heterocycles. The van der Waals surface area contributed by atoms with Gasteiger partial charge in [0.15, 0.2) is 5.65 Å². The maximum Gasteiger partial charge on any atom is 0.303 e. The van der Waals surface area contributed by atoms with Crippen molar-refractivity contribution in [3.05, 3.63) is 70.7 Å². The second-order valence-electron chi connectivity index (χ2n) is 6.15. The Morgan fingerprint density at radius 1 is 1.19 bits per heavy atom. The molecule has 0 aliphatic rings. The zero-order valence-corrected chi connectivity index (χ0v) is 15.3. The molecule has 4 rings (SSSR count). The summed E-state index contributed by atoms with van der Waals surface area (Å²) in [7, 11) is 0. The molecule has 0 bridgehead atoms. The van der Waals surface area contributed by atoms with E-state index >= 15 is 0 Å². The number of carboxylic acid groups (broad SMARTS) is 1. The standard InChI is InChI=1S/C20H18N4O2S/c25-19(26)8-5-14-3-6-15(7-4-14)17-13-23-24-18(9-10-21-20(17)24)22-12-16-2-1-11-27-16/h1-4,6-7,9-11,13,22H,5,8,12H2,(H,25,26). The molecule has 136 valence electrons. The number of hydrogen-bond donors (Lipinski definition) is 2. The second-order valence-corrected chi connectivity index (χ2v) is 7.18. The van der Waals surface area contributed by atoms with Crippen molar-refractivity contribution in [2.75, 3.05) is 5.32 Å². The van der Waals surface area contributed by atoms with Crippen LogP contribution in [0.25, 0.3) is 16.8 Å². The fourth-order valence-corrected chi connectivity index (χ4v) is 3.57. The summed E-state index contributed by atoms with van der Waals surface area (Å²) in [6, 6.07) is 13.9. The largest absolute Gasteiger partial charge is 0.481 e. The van der Waals surface area contributed by atoms with Crippen molar-refractivity contribution in [1.29, 1.82) is 0 Å². The number of aryl methyl sites for hydroxylation is 1. The van der Waals surface area contributed by atoms with E-state index < -0.39 is 5.97 Å². The van der Waals surface area contributed by atoms with Gasteiger partial charge in [0.1, 0.15) is 5.82 Å². The topological polar surface area (TPSA) is 79.5 Å². The number of aromatic nitrogens is 3. The van der Waals surface area contributed by atoms with E-state index in [0.29, 0.717) is 6.42 Å². The van der Waals surface area contributed by atoms with E-state index in [0.717, 1.165) is 34.7 Å². The van der Waals surface area contributed by atoms with Crippen molar-refractivity contribution in [2.45, 2.75) is 19.4 Å². The lowest BCUT2D eigenvalue weighted by molar-refractivity contribution is -0.136. The molecular weight excluding hydrogens is 360 g/mol. The minimum absolute atomic E-state index is 0.136. The summed E-state index contributed by atoms with van der Waals surface area (Å²) >= 11 is 1.71. The summed E-state index contributed by atoms with van der Waals surface area (Å²) in [5.74, 6) is 0.103. The third-order valence-corrected chi connectivity index (χ3v) is 5.19. The quantitative estimate of drug-likeness (QED) is 0.506. The number of nitrogens with zero attached hydrogens (tertiary/aromatic N) is 3. The molecule has 6 nitrogen and oxygen atoms in total. The Morgan fingerprint density at radius 2 is 2.04 bits per heavy atom. The molecule has 0 spiro atoms. The lowest BCUT2D eigenvalue weighted by atomic mass is 10.0. The summed E-state index contributed by atoms with van der Waals surface area (Å²) in [5, 5.41) is 18.8. The van der Waals surface area contributed by atoms with Crippen LogP contribution in [0.5, 0.6) is 0 Å². The van der Waals surface area contributed by atoms with Gasteiger partial charge in [-0.3, -0.25) is 4.79 Å². The molecule has 0 fully saturated rings. The Labute approximate surface area is 160 Å². The minimum atomic E-state index is -0.784. The van der Waals surface area contributed by atoms with Gasteiger partial charge in [-0.25, -0.2) is 4.98 Å². The number of thiophene rings is 1. The number of carboxylic acids is 1. The molecule has 0 saturated carbocycles. The molecule has 3 heterocycles. The van der Waals surface area contributed by atoms with Crippen LogP contribution >= 0.6 is 11.3 Å². The molecule has 0 aliphatic carbocycles. The Kier molecular flexibility index (Phi) is 4.84. The van der Waals surface area contributed by atoms with Gasteiger partial charge in [0.25, 0.3) is 0 Å². The lowest BCUT2D eigenvalue weighted by Gasteiger charge is -2.07. The van der Waals surface area contributed by atoms with Gasteiger partial charge in [-0.05, 0) is 35.1 Å². The fraction of sp³-hybridized carbons (Fsp3) is 0.150. The molecule has 3 aromatic heterocycles. The maximum atomic E-state index is 10.7. The normalized spacial score (nSPS) is 11.0. The van der Waals surface area contributed by atoms with Crippen molar-refractivity contribution in [2.24, 2.45) is 0 Å². The van der Waals surface area contributed by atoms with Gasteiger partial charge in [0, 0.05) is 23.1 Å². The third kappa shape index (κ3) is 3.83. The second kappa shape index (κ2) is 7.59. The van der Waals surface area contributed by atoms with Gasteiger partial charge in [-0.2, -0.15) is 9.61 Å². The Hall–Kier alpha value is -3.19. The van der Waals surface area contributed by atoms with Crippen molar-refractivity contribution in [3.8, 4) is 11.1 Å². The van der Waals surface area contributed by atoms with Crippen LogP contribution in [-0.2, 0) is 17.8 Å². The highest BCUT2D eigenvalue weighted by atomic mass is 32.1. The average molecular weight is 378 g/mol. The number of benzene rings is 1. The highest BCUT2D eigenvalue weighted by molar-refractivity contribution is 7.09. The average Bonchev–Trinajstić information content (AvgIpc) is 3.35. The molecule has 1 aromatic carbocycles. The molecular formula is C20H18N4O2S. The molecule has 7 heteroatoms. The monoisotopic (exact) mass is 378 g/mol. The van der Waals surface area contributed by atoms with Crippen LogP contribution in [0.2, 0.25) is 0 Å². The van der Waals surface area contributed by atoms with Gasteiger partial charge in [-0.15, -0.1) is 11.3 Å². The maximum absolute atomic E-state index is 10.7. The molecule has 2 N–H and O–H groups in total. The van der Waals surface area contributed by atoms with Crippen LogP contribution in [0.1, 0.15) is 16.9 Å². The summed E-state index contributed by atoms with van der Waals surface area (Å²) < 4.78 is 1.81. The molecule has 0 unspecified atom stereocenters. The number of anilines is 1. The van der Waals surface area contributed by atoms with Crippen molar-refractivity contribution < 1.29 is 9.90 Å². The number of nitrogens with one attached hydrogen (secondary N) is 1. The zero-order chi connectivity index (χ0) is 18.6. The minimum Gasteiger partial charge on any atom is -0.481 e. The Bertz CT molecular complexity index is 1060. The first-order valence-electron chi connectivity index (χ1n) is 8.61. The van der Waals surface area contributed by atoms with E-state index in [9.17, 15) is 4.79 Å². The van der Waals surface area contributed by atoms with E-state index in [-0.39, 0.29) is 6.42 Å². The van der Waals surface area contributed by atoms with Gasteiger partial charge in [0.2, 0.25) is 0 Å². The molecule has 0 amide bonds. The van der Waals surface area contributed by atoms with Gasteiger partial charge in [0.05, 0.1) is 12.7 Å². The summed E-state index contributed by atoms with van der Waals surface area (Å²) in [4.78, 5) is 16.5. The van der Waals surface area contributed by atoms with Crippen LogP contribution in [0.4, 0.5) is 5.82 Å². The summed E-state index contributed by atoms with van der Waals surface area (Å²) in [5.41, 5.74) is 3.74. The zero-order valence-electron chi connectivity index (χ0n) is 14.5.